The lowest BCUT2D eigenvalue weighted by Crippen LogP contribution is -2.35. The lowest BCUT2D eigenvalue weighted by atomic mass is 10.0. The quantitative estimate of drug-likeness (QED) is 0.845. The van der Waals surface area contributed by atoms with E-state index in [0.717, 1.165) is 18.4 Å². The maximum absolute atomic E-state index is 11.8. The van der Waals surface area contributed by atoms with Crippen LogP contribution >= 0.6 is 11.6 Å². The molecule has 1 aromatic rings. The Morgan fingerprint density at radius 1 is 1.55 bits per heavy atom. The number of carbonyl (C=O) groups excluding carboxylic acids is 1. The van der Waals surface area contributed by atoms with E-state index in [-0.39, 0.29) is 11.1 Å². The van der Waals surface area contributed by atoms with Crippen LogP contribution in [0.2, 0.25) is 5.22 Å². The summed E-state index contributed by atoms with van der Waals surface area (Å²) in [6.07, 6.45) is 4.88. The van der Waals surface area contributed by atoms with Crippen molar-refractivity contribution in [3.05, 3.63) is 16.5 Å². The smallest absolute Gasteiger partial charge is 0.229 e. The third-order valence-corrected chi connectivity index (χ3v) is 4.29. The summed E-state index contributed by atoms with van der Waals surface area (Å²) in [6.45, 7) is 2.13. The molecule has 2 N–H and O–H groups in total. The fraction of sp³-hybridized carbons (Fsp3) is 0.714. The van der Waals surface area contributed by atoms with Crippen molar-refractivity contribution in [2.75, 3.05) is 6.54 Å². The van der Waals surface area contributed by atoms with E-state index in [1.54, 1.807) is 6.92 Å². The summed E-state index contributed by atoms with van der Waals surface area (Å²) in [5.41, 5.74) is 1.49. The van der Waals surface area contributed by atoms with Gasteiger partial charge in [-0.15, -0.1) is 0 Å². The number of rotatable bonds is 6. The molecule has 20 heavy (non-hydrogen) atoms. The highest BCUT2D eigenvalue weighted by Gasteiger charge is 2.23. The molecule has 1 aromatic heterocycles. The minimum Gasteiger partial charge on any atom is -0.391 e. The highest BCUT2D eigenvalue weighted by atomic mass is 35.5. The third kappa shape index (κ3) is 3.96. The van der Waals surface area contributed by atoms with Crippen molar-refractivity contribution in [3.8, 4) is 0 Å². The molecular formula is C14H21ClN2O3. The van der Waals surface area contributed by atoms with E-state index in [1.807, 2.05) is 0 Å². The number of nitrogens with one attached hydrogen (secondary N) is 1. The third-order valence-electron chi connectivity index (χ3n) is 3.99. The van der Waals surface area contributed by atoms with Crippen molar-refractivity contribution < 1.29 is 14.4 Å². The van der Waals surface area contributed by atoms with Crippen molar-refractivity contribution in [1.82, 2.24) is 10.5 Å². The van der Waals surface area contributed by atoms with Gasteiger partial charge in [-0.2, -0.15) is 0 Å². The SMILES string of the molecule is Cc1noc(Cl)c1CCC(=O)NCC(O)C1CCCC1. The maximum atomic E-state index is 11.8. The first kappa shape index (κ1) is 15.3. The van der Waals surface area contributed by atoms with Crippen molar-refractivity contribution >= 4 is 17.5 Å². The van der Waals surface area contributed by atoms with Crippen molar-refractivity contribution in [2.45, 2.75) is 51.6 Å². The molecule has 112 valence electrons. The predicted octanol–water partition coefficient (Wildman–Crippen LogP) is 2.24. The summed E-state index contributed by atoms with van der Waals surface area (Å²) in [5, 5.41) is 16.7. The highest BCUT2D eigenvalue weighted by molar-refractivity contribution is 6.29. The summed E-state index contributed by atoms with van der Waals surface area (Å²) < 4.78 is 4.84. The monoisotopic (exact) mass is 300 g/mol. The maximum Gasteiger partial charge on any atom is 0.229 e. The number of hydrogen-bond acceptors (Lipinski definition) is 4. The van der Waals surface area contributed by atoms with Gasteiger partial charge in [-0.25, -0.2) is 0 Å². The summed E-state index contributed by atoms with van der Waals surface area (Å²) in [6, 6.07) is 0. The topological polar surface area (TPSA) is 75.4 Å². The van der Waals surface area contributed by atoms with Gasteiger partial charge in [0.1, 0.15) is 0 Å². The first-order valence-corrected chi connectivity index (χ1v) is 7.51. The minimum absolute atomic E-state index is 0.0845. The molecular weight excluding hydrogens is 280 g/mol. The first-order valence-electron chi connectivity index (χ1n) is 7.13. The first-order chi connectivity index (χ1) is 9.58. The minimum atomic E-state index is -0.428. The van der Waals surface area contributed by atoms with E-state index in [2.05, 4.69) is 10.5 Å². The largest absolute Gasteiger partial charge is 0.391 e. The Morgan fingerprint density at radius 3 is 2.85 bits per heavy atom. The van der Waals surface area contributed by atoms with Crippen LogP contribution in [0.15, 0.2) is 4.52 Å². The molecule has 1 unspecified atom stereocenters. The molecule has 2 rings (SSSR count). The van der Waals surface area contributed by atoms with Crippen LogP contribution in [0.1, 0.15) is 43.4 Å². The summed E-state index contributed by atoms with van der Waals surface area (Å²) >= 11 is 5.84. The van der Waals surface area contributed by atoms with Gasteiger partial charge in [-0.3, -0.25) is 4.79 Å². The Kier molecular flexibility index (Phi) is 5.43. The zero-order valence-electron chi connectivity index (χ0n) is 11.7. The predicted molar refractivity (Wildman–Crippen MR) is 75.5 cm³/mol. The number of amides is 1. The van der Waals surface area contributed by atoms with Crippen LogP contribution in [0.5, 0.6) is 0 Å². The number of aliphatic hydroxyl groups is 1. The second-order valence-corrected chi connectivity index (χ2v) is 5.78. The summed E-state index contributed by atoms with van der Waals surface area (Å²) in [7, 11) is 0. The van der Waals surface area contributed by atoms with E-state index in [9.17, 15) is 9.90 Å². The summed E-state index contributed by atoms with van der Waals surface area (Å²) in [5.74, 6) is 0.253. The molecule has 1 aliphatic rings. The average molecular weight is 301 g/mol. The zero-order valence-corrected chi connectivity index (χ0v) is 12.4. The molecule has 1 aliphatic carbocycles. The van der Waals surface area contributed by atoms with Crippen molar-refractivity contribution in [1.29, 1.82) is 0 Å². The van der Waals surface area contributed by atoms with Gasteiger partial charge in [-0.05, 0) is 43.7 Å². The number of aryl methyl sites for hydroxylation is 1. The van der Waals surface area contributed by atoms with E-state index in [0.29, 0.717) is 31.0 Å². The second-order valence-electron chi connectivity index (χ2n) is 5.44. The van der Waals surface area contributed by atoms with Gasteiger partial charge in [-0.1, -0.05) is 18.0 Å². The molecule has 1 saturated carbocycles. The van der Waals surface area contributed by atoms with Crippen LogP contribution in [0.25, 0.3) is 0 Å². The molecule has 1 fully saturated rings. The Bertz CT molecular complexity index is 436. The molecule has 6 heteroatoms. The standard InChI is InChI=1S/C14H21ClN2O3/c1-9-11(14(15)20-17-9)6-7-13(19)16-8-12(18)10-4-2-3-5-10/h10,12,18H,2-8H2,1H3,(H,16,19). The molecule has 1 amide bonds. The van der Waals surface area contributed by atoms with Gasteiger partial charge < -0.3 is 14.9 Å². The number of aromatic nitrogens is 1. The van der Waals surface area contributed by atoms with Gasteiger partial charge in [0.25, 0.3) is 0 Å². The van der Waals surface area contributed by atoms with Crippen LogP contribution in [0.3, 0.4) is 0 Å². The zero-order chi connectivity index (χ0) is 14.5. The van der Waals surface area contributed by atoms with Crippen molar-refractivity contribution in [3.63, 3.8) is 0 Å². The average Bonchev–Trinajstić information content (AvgIpc) is 3.05. The Labute approximate surface area is 123 Å². The Morgan fingerprint density at radius 2 is 2.25 bits per heavy atom. The van der Waals surface area contributed by atoms with Crippen molar-refractivity contribution in [2.24, 2.45) is 5.92 Å². The van der Waals surface area contributed by atoms with Crippen LogP contribution in [0.4, 0.5) is 0 Å². The van der Waals surface area contributed by atoms with E-state index < -0.39 is 6.10 Å². The van der Waals surface area contributed by atoms with Crippen LogP contribution < -0.4 is 5.32 Å². The molecule has 0 bridgehead atoms. The van der Waals surface area contributed by atoms with Crippen LogP contribution in [-0.2, 0) is 11.2 Å². The van der Waals surface area contributed by atoms with Gasteiger partial charge in [0.15, 0.2) is 0 Å². The number of hydrogen-bond donors (Lipinski definition) is 2. The fourth-order valence-electron chi connectivity index (χ4n) is 2.69. The number of nitrogens with zero attached hydrogens (tertiary/aromatic N) is 1. The number of halogens is 1. The summed E-state index contributed by atoms with van der Waals surface area (Å²) in [4.78, 5) is 11.8. The normalized spacial score (nSPS) is 17.4. The molecule has 1 heterocycles. The number of carbonyl (C=O) groups is 1. The highest BCUT2D eigenvalue weighted by Crippen LogP contribution is 2.27. The Hall–Kier alpha value is -1.07. The molecule has 0 radical (unpaired) electrons. The van der Waals surface area contributed by atoms with Crippen LogP contribution in [-0.4, -0.2) is 28.8 Å². The van der Waals surface area contributed by atoms with Gasteiger partial charge in [0.2, 0.25) is 11.1 Å². The molecule has 5 nitrogen and oxygen atoms in total. The lowest BCUT2D eigenvalue weighted by Gasteiger charge is -2.17. The van der Waals surface area contributed by atoms with Gasteiger partial charge in [0, 0.05) is 18.5 Å². The van der Waals surface area contributed by atoms with E-state index >= 15 is 0 Å². The second kappa shape index (κ2) is 7.09. The van der Waals surface area contributed by atoms with E-state index in [1.165, 1.54) is 12.8 Å². The Balaban J connectivity index is 1.70. The number of aliphatic hydroxyl groups excluding tert-OH is 1. The fourth-order valence-corrected chi connectivity index (χ4v) is 2.96. The lowest BCUT2D eigenvalue weighted by molar-refractivity contribution is -0.121. The molecule has 0 saturated heterocycles. The van der Waals surface area contributed by atoms with Gasteiger partial charge >= 0.3 is 0 Å². The molecule has 0 spiro atoms. The molecule has 0 aromatic carbocycles. The van der Waals surface area contributed by atoms with E-state index in [4.69, 9.17) is 16.1 Å². The molecule has 1 atom stereocenters. The molecule has 0 aliphatic heterocycles. The van der Waals surface area contributed by atoms with Gasteiger partial charge in [0.05, 0.1) is 11.8 Å². The van der Waals surface area contributed by atoms with Crippen LogP contribution in [0, 0.1) is 12.8 Å².